The number of methoxy groups -OCH3 is 1. The van der Waals surface area contributed by atoms with Gasteiger partial charge in [-0.15, -0.1) is 0 Å². The fraction of sp³-hybridized carbons (Fsp3) is 0.429. The third kappa shape index (κ3) is 4.78. The Balaban J connectivity index is 1.85. The van der Waals surface area contributed by atoms with Crippen LogP contribution in [0.3, 0.4) is 0 Å². The van der Waals surface area contributed by atoms with Crippen molar-refractivity contribution in [3.8, 4) is 17.2 Å². The van der Waals surface area contributed by atoms with Crippen LogP contribution in [0.2, 0.25) is 0 Å². The normalized spacial score (nSPS) is 21.4. The molecule has 2 heterocycles. The van der Waals surface area contributed by atoms with Crippen molar-refractivity contribution in [3.63, 3.8) is 0 Å². The van der Waals surface area contributed by atoms with E-state index >= 15 is 0 Å². The van der Waals surface area contributed by atoms with Crippen molar-refractivity contribution < 1.29 is 34.0 Å². The van der Waals surface area contributed by atoms with Crippen molar-refractivity contribution in [1.29, 1.82) is 0 Å². The van der Waals surface area contributed by atoms with E-state index in [1.165, 1.54) is 18.1 Å². The van der Waals surface area contributed by atoms with E-state index in [-0.39, 0.29) is 41.4 Å². The van der Waals surface area contributed by atoms with Crippen molar-refractivity contribution in [3.05, 3.63) is 58.7 Å². The Hall–Kier alpha value is -3.52. The molecule has 2 aliphatic rings. The van der Waals surface area contributed by atoms with Crippen LogP contribution in [-0.2, 0) is 14.3 Å². The molecule has 1 amide bonds. The fourth-order valence-electron chi connectivity index (χ4n) is 4.89. The maximum atomic E-state index is 13.3. The van der Waals surface area contributed by atoms with Crippen molar-refractivity contribution in [2.24, 2.45) is 0 Å². The number of benzene rings is 2. The number of phenols is 1. The number of aromatic hydroxyl groups is 1. The van der Waals surface area contributed by atoms with E-state index in [4.69, 9.17) is 14.2 Å². The average molecular weight is 496 g/mol. The summed E-state index contributed by atoms with van der Waals surface area (Å²) >= 11 is 0. The van der Waals surface area contributed by atoms with Gasteiger partial charge in [-0.2, -0.15) is 0 Å². The Labute approximate surface area is 211 Å². The number of carbonyl (C=O) groups is 2. The number of phenolic OH excluding ortho intramolecular Hbond substituents is 1. The van der Waals surface area contributed by atoms with Gasteiger partial charge < -0.3 is 29.3 Å². The first-order valence-electron chi connectivity index (χ1n) is 12.3. The Morgan fingerprint density at radius 2 is 1.92 bits per heavy atom. The molecule has 8 nitrogen and oxygen atoms in total. The minimum atomic E-state index is -0.889. The van der Waals surface area contributed by atoms with Gasteiger partial charge in [0.15, 0.2) is 11.5 Å². The van der Waals surface area contributed by atoms with Crippen LogP contribution in [0.1, 0.15) is 62.3 Å². The van der Waals surface area contributed by atoms with Crippen LogP contribution in [0.5, 0.6) is 17.2 Å². The highest BCUT2D eigenvalue weighted by molar-refractivity contribution is 6.46. The van der Waals surface area contributed by atoms with Gasteiger partial charge in [-0.1, -0.05) is 19.9 Å². The second kappa shape index (κ2) is 10.6. The third-order valence-electron chi connectivity index (χ3n) is 6.69. The molecule has 36 heavy (non-hydrogen) atoms. The zero-order valence-electron chi connectivity index (χ0n) is 21.1. The van der Waals surface area contributed by atoms with E-state index in [1.807, 2.05) is 20.8 Å². The molecule has 0 aliphatic carbocycles. The monoisotopic (exact) mass is 495 g/mol. The van der Waals surface area contributed by atoms with Crippen molar-refractivity contribution in [2.75, 3.05) is 26.9 Å². The van der Waals surface area contributed by atoms with Crippen LogP contribution >= 0.6 is 0 Å². The largest absolute Gasteiger partial charge is 0.507 e. The summed E-state index contributed by atoms with van der Waals surface area (Å²) in [5.41, 5.74) is 1.76. The molecule has 2 unspecified atom stereocenters. The summed E-state index contributed by atoms with van der Waals surface area (Å²) in [6.45, 7) is 7.24. The summed E-state index contributed by atoms with van der Waals surface area (Å²) in [5.74, 6) is -0.791. The predicted molar refractivity (Wildman–Crippen MR) is 134 cm³/mol. The van der Waals surface area contributed by atoms with E-state index in [1.54, 1.807) is 30.3 Å². The number of likely N-dealkylation sites (tertiary alicyclic amines) is 1. The molecule has 8 heteroatoms. The van der Waals surface area contributed by atoms with Gasteiger partial charge in [0.1, 0.15) is 11.5 Å². The molecule has 2 aromatic carbocycles. The molecule has 192 valence electrons. The van der Waals surface area contributed by atoms with Gasteiger partial charge >= 0.3 is 0 Å². The van der Waals surface area contributed by atoms with Crippen molar-refractivity contribution in [1.82, 2.24) is 4.90 Å². The molecule has 2 fully saturated rings. The molecule has 2 aromatic rings. The average Bonchev–Trinajstić information content (AvgIpc) is 3.46. The van der Waals surface area contributed by atoms with Gasteiger partial charge in [-0.25, -0.2) is 0 Å². The number of aliphatic hydroxyl groups is 1. The molecule has 0 aromatic heterocycles. The zero-order valence-corrected chi connectivity index (χ0v) is 21.1. The molecule has 0 bridgehead atoms. The fourth-order valence-corrected chi connectivity index (χ4v) is 4.89. The molecule has 2 atom stereocenters. The van der Waals surface area contributed by atoms with Gasteiger partial charge in [0, 0.05) is 18.7 Å². The number of Topliss-reactive ketones (excluding diaryl/α,β-unsaturated/α-hetero) is 1. The summed E-state index contributed by atoms with van der Waals surface area (Å²) in [4.78, 5) is 28.0. The molecular weight excluding hydrogens is 462 g/mol. The van der Waals surface area contributed by atoms with Crippen LogP contribution in [0.4, 0.5) is 0 Å². The number of nitrogens with zero attached hydrogens (tertiary/aromatic N) is 1. The first-order valence-corrected chi connectivity index (χ1v) is 12.3. The number of aliphatic hydroxyl groups excluding tert-OH is 1. The Morgan fingerprint density at radius 1 is 1.17 bits per heavy atom. The van der Waals surface area contributed by atoms with E-state index in [2.05, 4.69) is 0 Å². The summed E-state index contributed by atoms with van der Waals surface area (Å²) in [6, 6.07) is 9.07. The second-order valence-electron chi connectivity index (χ2n) is 9.36. The summed E-state index contributed by atoms with van der Waals surface area (Å²) in [5, 5.41) is 21.9. The number of ketones is 1. The van der Waals surface area contributed by atoms with Gasteiger partial charge in [-0.05, 0) is 67.1 Å². The van der Waals surface area contributed by atoms with Gasteiger partial charge in [0.05, 0.1) is 31.4 Å². The number of hydrogen-bond donors (Lipinski definition) is 2. The summed E-state index contributed by atoms with van der Waals surface area (Å²) in [7, 11) is 1.44. The van der Waals surface area contributed by atoms with Crippen LogP contribution in [0, 0.1) is 0 Å². The number of ether oxygens (including phenoxy) is 3. The van der Waals surface area contributed by atoms with Gasteiger partial charge in [0.25, 0.3) is 11.7 Å². The lowest BCUT2D eigenvalue weighted by atomic mass is 9.93. The Kier molecular flexibility index (Phi) is 7.54. The molecule has 0 saturated carbocycles. The predicted octanol–water partition coefficient (Wildman–Crippen LogP) is 4.52. The number of rotatable bonds is 8. The third-order valence-corrected chi connectivity index (χ3v) is 6.69. The lowest BCUT2D eigenvalue weighted by Gasteiger charge is -2.27. The van der Waals surface area contributed by atoms with E-state index in [0.29, 0.717) is 30.1 Å². The topological polar surface area (TPSA) is 106 Å². The van der Waals surface area contributed by atoms with Gasteiger partial charge in [0.2, 0.25) is 0 Å². The molecule has 2 N–H and O–H groups in total. The Bertz CT molecular complexity index is 1180. The lowest BCUT2D eigenvalue weighted by molar-refractivity contribution is -0.140. The number of amides is 1. The molecular formula is C28H33NO7. The molecule has 4 rings (SSSR count). The smallest absolute Gasteiger partial charge is 0.295 e. The summed E-state index contributed by atoms with van der Waals surface area (Å²) < 4.78 is 16.6. The standard InChI is InChI=1S/C28H33NO7/c1-5-35-22-10-9-18(13-20(22)16(2)3)26(31)24-25(17-8-11-23(34-4)21(30)14-17)29(28(33)27(24)32)15-19-7-6-12-36-19/h8-11,13-14,16,19,25,30-31H,5-7,12,15H2,1-4H3/b26-24-. The SMILES string of the molecule is CCOc1ccc(/C(O)=C2/C(=O)C(=O)N(CC3CCCO3)C2c2ccc(OC)c(O)c2)cc1C(C)C. The first-order chi connectivity index (χ1) is 17.3. The highest BCUT2D eigenvalue weighted by Crippen LogP contribution is 2.43. The highest BCUT2D eigenvalue weighted by Gasteiger charge is 2.47. The maximum absolute atomic E-state index is 13.3. The molecule has 0 spiro atoms. The highest BCUT2D eigenvalue weighted by atomic mass is 16.5. The number of hydrogen-bond acceptors (Lipinski definition) is 7. The van der Waals surface area contributed by atoms with Crippen LogP contribution in [0.15, 0.2) is 42.0 Å². The zero-order chi connectivity index (χ0) is 26.0. The van der Waals surface area contributed by atoms with E-state index in [0.717, 1.165) is 18.4 Å². The molecule has 2 saturated heterocycles. The van der Waals surface area contributed by atoms with Crippen LogP contribution < -0.4 is 9.47 Å². The minimum Gasteiger partial charge on any atom is -0.507 e. The second-order valence-corrected chi connectivity index (χ2v) is 9.36. The molecule has 2 aliphatic heterocycles. The quantitative estimate of drug-likeness (QED) is 0.315. The van der Waals surface area contributed by atoms with Crippen LogP contribution in [0.25, 0.3) is 5.76 Å². The van der Waals surface area contributed by atoms with Crippen molar-refractivity contribution >= 4 is 17.4 Å². The Morgan fingerprint density at radius 3 is 2.53 bits per heavy atom. The van der Waals surface area contributed by atoms with Crippen molar-refractivity contribution in [2.45, 2.75) is 51.7 Å². The number of carbonyl (C=O) groups excluding carboxylic acids is 2. The van der Waals surface area contributed by atoms with E-state index < -0.39 is 17.7 Å². The van der Waals surface area contributed by atoms with Crippen LogP contribution in [-0.4, -0.2) is 59.8 Å². The summed E-state index contributed by atoms with van der Waals surface area (Å²) in [6.07, 6.45) is 1.46. The lowest BCUT2D eigenvalue weighted by Crippen LogP contribution is -2.36. The van der Waals surface area contributed by atoms with Gasteiger partial charge in [-0.3, -0.25) is 9.59 Å². The molecule has 0 radical (unpaired) electrons. The maximum Gasteiger partial charge on any atom is 0.295 e. The first kappa shape index (κ1) is 25.6. The minimum absolute atomic E-state index is 0.0265. The van der Waals surface area contributed by atoms with E-state index in [9.17, 15) is 19.8 Å².